The van der Waals surface area contributed by atoms with Gasteiger partial charge in [-0.3, -0.25) is 0 Å². The number of benzene rings is 1. The Labute approximate surface area is 121 Å². The van der Waals surface area contributed by atoms with E-state index in [0.29, 0.717) is 18.0 Å². The molecule has 3 rings (SSSR count). The zero-order valence-electron chi connectivity index (χ0n) is 12.5. The number of rotatable bonds is 4. The van der Waals surface area contributed by atoms with Crippen LogP contribution in [-0.2, 0) is 11.2 Å². The first-order valence-electron chi connectivity index (χ1n) is 7.78. The monoisotopic (exact) mass is 275 g/mol. The largest absolute Gasteiger partial charge is 0.497 e. The molecule has 1 fully saturated rings. The van der Waals surface area contributed by atoms with Gasteiger partial charge in [0.25, 0.3) is 0 Å². The molecule has 1 saturated heterocycles. The Morgan fingerprint density at radius 1 is 1.35 bits per heavy atom. The molecule has 3 heteroatoms. The first kappa shape index (κ1) is 13.9. The van der Waals surface area contributed by atoms with E-state index in [4.69, 9.17) is 9.47 Å². The SMILES string of the molecule is COc1ccc2c(c1)C(NC(C)C1CCOC1)CCC2. The molecule has 1 aromatic rings. The lowest BCUT2D eigenvalue weighted by atomic mass is 9.86. The number of hydrogen-bond acceptors (Lipinski definition) is 3. The fourth-order valence-electron chi connectivity index (χ4n) is 3.48. The van der Waals surface area contributed by atoms with Crippen LogP contribution in [0.4, 0.5) is 0 Å². The summed E-state index contributed by atoms with van der Waals surface area (Å²) in [4.78, 5) is 0. The Balaban J connectivity index is 1.74. The summed E-state index contributed by atoms with van der Waals surface area (Å²) in [6.07, 6.45) is 4.87. The van der Waals surface area contributed by atoms with Gasteiger partial charge in [0.1, 0.15) is 5.75 Å². The quantitative estimate of drug-likeness (QED) is 0.916. The van der Waals surface area contributed by atoms with Gasteiger partial charge in [0, 0.05) is 18.7 Å². The van der Waals surface area contributed by atoms with Crippen molar-refractivity contribution in [3.63, 3.8) is 0 Å². The molecular weight excluding hydrogens is 250 g/mol. The Kier molecular flexibility index (Phi) is 4.27. The van der Waals surface area contributed by atoms with Crippen molar-refractivity contribution in [1.29, 1.82) is 0 Å². The molecule has 0 amide bonds. The first-order chi connectivity index (χ1) is 9.78. The van der Waals surface area contributed by atoms with Crippen LogP contribution < -0.4 is 10.1 Å². The predicted octanol–water partition coefficient (Wildman–Crippen LogP) is 3.09. The summed E-state index contributed by atoms with van der Waals surface area (Å²) < 4.78 is 10.9. The average molecular weight is 275 g/mol. The highest BCUT2D eigenvalue weighted by molar-refractivity contribution is 5.39. The molecular formula is C17H25NO2. The molecule has 1 heterocycles. The van der Waals surface area contributed by atoms with Gasteiger partial charge in [0.05, 0.1) is 13.7 Å². The molecule has 110 valence electrons. The number of aryl methyl sites for hydroxylation is 1. The van der Waals surface area contributed by atoms with Crippen molar-refractivity contribution < 1.29 is 9.47 Å². The van der Waals surface area contributed by atoms with Gasteiger partial charge in [0.15, 0.2) is 0 Å². The smallest absolute Gasteiger partial charge is 0.119 e. The fraction of sp³-hybridized carbons (Fsp3) is 0.647. The zero-order chi connectivity index (χ0) is 13.9. The van der Waals surface area contributed by atoms with Gasteiger partial charge in [-0.05, 0) is 61.8 Å². The normalized spacial score (nSPS) is 27.1. The summed E-state index contributed by atoms with van der Waals surface area (Å²) in [5, 5.41) is 3.83. The maximum absolute atomic E-state index is 5.51. The van der Waals surface area contributed by atoms with Crippen molar-refractivity contribution in [2.45, 2.75) is 44.7 Å². The van der Waals surface area contributed by atoms with Gasteiger partial charge in [-0.15, -0.1) is 0 Å². The van der Waals surface area contributed by atoms with Crippen LogP contribution in [0.3, 0.4) is 0 Å². The Bertz CT molecular complexity index is 454. The summed E-state index contributed by atoms with van der Waals surface area (Å²) in [5.74, 6) is 1.63. The van der Waals surface area contributed by atoms with E-state index in [2.05, 4.69) is 30.4 Å². The third-order valence-electron chi connectivity index (χ3n) is 4.80. The van der Waals surface area contributed by atoms with Crippen molar-refractivity contribution in [2.75, 3.05) is 20.3 Å². The second kappa shape index (κ2) is 6.15. The number of methoxy groups -OCH3 is 1. The second-order valence-corrected chi connectivity index (χ2v) is 6.09. The molecule has 0 radical (unpaired) electrons. The van der Waals surface area contributed by atoms with E-state index in [1.165, 1.54) is 36.8 Å². The van der Waals surface area contributed by atoms with Crippen LogP contribution in [0.15, 0.2) is 18.2 Å². The van der Waals surface area contributed by atoms with Gasteiger partial charge in [-0.2, -0.15) is 0 Å². The van der Waals surface area contributed by atoms with E-state index >= 15 is 0 Å². The minimum atomic E-state index is 0.462. The van der Waals surface area contributed by atoms with Crippen LogP contribution in [0.25, 0.3) is 0 Å². The minimum Gasteiger partial charge on any atom is -0.497 e. The van der Waals surface area contributed by atoms with Gasteiger partial charge in [-0.1, -0.05) is 6.07 Å². The molecule has 3 unspecified atom stereocenters. The number of hydrogen-bond donors (Lipinski definition) is 1. The average Bonchev–Trinajstić information content (AvgIpc) is 3.01. The predicted molar refractivity (Wildman–Crippen MR) is 80.2 cm³/mol. The summed E-state index contributed by atoms with van der Waals surface area (Å²) in [6.45, 7) is 4.13. The van der Waals surface area contributed by atoms with Gasteiger partial charge < -0.3 is 14.8 Å². The highest BCUT2D eigenvalue weighted by atomic mass is 16.5. The minimum absolute atomic E-state index is 0.462. The van der Waals surface area contributed by atoms with Crippen LogP contribution in [0.2, 0.25) is 0 Å². The van der Waals surface area contributed by atoms with E-state index in [9.17, 15) is 0 Å². The molecule has 0 saturated carbocycles. The molecule has 20 heavy (non-hydrogen) atoms. The first-order valence-corrected chi connectivity index (χ1v) is 7.78. The van der Waals surface area contributed by atoms with Crippen molar-refractivity contribution in [3.8, 4) is 5.75 Å². The molecule has 3 atom stereocenters. The van der Waals surface area contributed by atoms with Crippen LogP contribution in [0.5, 0.6) is 5.75 Å². The van der Waals surface area contributed by atoms with Crippen LogP contribution in [0.1, 0.15) is 43.4 Å². The molecule has 1 aromatic carbocycles. The van der Waals surface area contributed by atoms with E-state index in [0.717, 1.165) is 19.0 Å². The number of ether oxygens (including phenoxy) is 2. The number of nitrogens with one attached hydrogen (secondary N) is 1. The topological polar surface area (TPSA) is 30.5 Å². The molecule has 1 aliphatic carbocycles. The summed E-state index contributed by atoms with van der Waals surface area (Å²) >= 11 is 0. The molecule has 3 nitrogen and oxygen atoms in total. The zero-order valence-corrected chi connectivity index (χ0v) is 12.5. The highest BCUT2D eigenvalue weighted by Gasteiger charge is 2.27. The van der Waals surface area contributed by atoms with Crippen LogP contribution in [-0.4, -0.2) is 26.4 Å². The van der Waals surface area contributed by atoms with Crippen molar-refractivity contribution in [2.24, 2.45) is 5.92 Å². The van der Waals surface area contributed by atoms with Crippen LogP contribution >= 0.6 is 0 Å². The Hall–Kier alpha value is -1.06. The lowest BCUT2D eigenvalue weighted by molar-refractivity contribution is 0.176. The molecule has 0 bridgehead atoms. The molecule has 1 N–H and O–H groups in total. The summed E-state index contributed by atoms with van der Waals surface area (Å²) in [7, 11) is 1.74. The second-order valence-electron chi connectivity index (χ2n) is 6.09. The molecule has 2 aliphatic rings. The highest BCUT2D eigenvalue weighted by Crippen LogP contribution is 2.33. The van der Waals surface area contributed by atoms with Gasteiger partial charge in [0.2, 0.25) is 0 Å². The summed E-state index contributed by atoms with van der Waals surface area (Å²) in [5.41, 5.74) is 2.91. The van der Waals surface area contributed by atoms with Gasteiger partial charge in [-0.25, -0.2) is 0 Å². The third kappa shape index (κ3) is 2.84. The maximum Gasteiger partial charge on any atom is 0.119 e. The van der Waals surface area contributed by atoms with Crippen molar-refractivity contribution >= 4 is 0 Å². The van der Waals surface area contributed by atoms with Gasteiger partial charge >= 0.3 is 0 Å². The molecule has 0 aromatic heterocycles. The molecule has 1 aliphatic heterocycles. The van der Waals surface area contributed by atoms with E-state index < -0.39 is 0 Å². The summed E-state index contributed by atoms with van der Waals surface area (Å²) in [6, 6.07) is 7.49. The van der Waals surface area contributed by atoms with Crippen molar-refractivity contribution in [1.82, 2.24) is 5.32 Å². The lowest BCUT2D eigenvalue weighted by Crippen LogP contribution is -2.38. The molecule has 0 spiro atoms. The standard InChI is InChI=1S/C17H25NO2/c1-12(14-8-9-20-11-14)18-17-5-3-4-13-6-7-15(19-2)10-16(13)17/h6-7,10,12,14,17-18H,3-5,8-9,11H2,1-2H3. The maximum atomic E-state index is 5.51. The fourth-order valence-corrected chi connectivity index (χ4v) is 3.48. The van der Waals surface area contributed by atoms with E-state index in [-0.39, 0.29) is 0 Å². The number of fused-ring (bicyclic) bond motifs is 1. The van der Waals surface area contributed by atoms with E-state index in [1.54, 1.807) is 7.11 Å². The Morgan fingerprint density at radius 2 is 2.25 bits per heavy atom. The van der Waals surface area contributed by atoms with Crippen molar-refractivity contribution in [3.05, 3.63) is 29.3 Å². The van der Waals surface area contributed by atoms with Crippen LogP contribution in [0, 0.1) is 5.92 Å². The Morgan fingerprint density at radius 3 is 3.00 bits per heavy atom. The van der Waals surface area contributed by atoms with E-state index in [1.807, 2.05) is 0 Å². The lowest BCUT2D eigenvalue weighted by Gasteiger charge is -2.31. The third-order valence-corrected chi connectivity index (χ3v) is 4.80.